The standard InChI is InChI=1S/C27H21NO5/c1-31-27(30)23(18-28)16-22-8-5-9-25(17-22)33-26(29)15-12-20-10-13-24(14-11-20)32-19-21-6-3-2-4-7-21/h2-17H,19H2,1H3. The second-order valence-corrected chi connectivity index (χ2v) is 6.83. The number of esters is 2. The third-order valence-corrected chi connectivity index (χ3v) is 4.45. The monoisotopic (exact) mass is 439 g/mol. The lowest BCUT2D eigenvalue weighted by Gasteiger charge is -2.06. The minimum absolute atomic E-state index is 0.155. The molecule has 3 rings (SSSR count). The van der Waals surface area contributed by atoms with E-state index in [1.54, 1.807) is 36.4 Å². The van der Waals surface area contributed by atoms with Gasteiger partial charge < -0.3 is 14.2 Å². The normalized spacial score (nSPS) is 11.0. The number of hydrogen-bond donors (Lipinski definition) is 0. The SMILES string of the molecule is COC(=O)C(C#N)=Cc1cccc(OC(=O)C=Cc2ccc(OCc3ccccc3)cc2)c1. The minimum atomic E-state index is -0.737. The summed E-state index contributed by atoms with van der Waals surface area (Å²) in [5.74, 6) is -0.286. The summed E-state index contributed by atoms with van der Waals surface area (Å²) in [7, 11) is 1.20. The van der Waals surface area contributed by atoms with Gasteiger partial charge in [0.25, 0.3) is 0 Å². The summed E-state index contributed by atoms with van der Waals surface area (Å²) in [6, 6.07) is 25.5. The summed E-state index contributed by atoms with van der Waals surface area (Å²) in [6.45, 7) is 0.478. The lowest BCUT2D eigenvalue weighted by atomic mass is 10.1. The fourth-order valence-electron chi connectivity index (χ4n) is 2.81. The Kier molecular flexibility index (Phi) is 8.15. The van der Waals surface area contributed by atoms with Crippen LogP contribution in [0.2, 0.25) is 0 Å². The Hall–Kier alpha value is -4.63. The second-order valence-electron chi connectivity index (χ2n) is 6.83. The molecule has 0 heterocycles. The summed E-state index contributed by atoms with van der Waals surface area (Å²) in [5.41, 5.74) is 2.26. The number of nitriles is 1. The molecule has 0 N–H and O–H groups in total. The van der Waals surface area contributed by atoms with Crippen LogP contribution in [0.4, 0.5) is 0 Å². The minimum Gasteiger partial charge on any atom is -0.489 e. The van der Waals surface area contributed by atoms with E-state index >= 15 is 0 Å². The Morgan fingerprint density at radius 1 is 0.909 bits per heavy atom. The molecule has 3 aromatic rings. The Bertz CT molecular complexity index is 1210. The molecule has 0 bridgehead atoms. The van der Waals surface area contributed by atoms with Gasteiger partial charge in [-0.05, 0) is 53.1 Å². The molecule has 0 radical (unpaired) electrons. The largest absolute Gasteiger partial charge is 0.489 e. The summed E-state index contributed by atoms with van der Waals surface area (Å²) >= 11 is 0. The molecule has 0 atom stereocenters. The molecule has 6 nitrogen and oxygen atoms in total. The summed E-state index contributed by atoms with van der Waals surface area (Å²) in [5, 5.41) is 9.06. The van der Waals surface area contributed by atoms with Gasteiger partial charge in [-0.2, -0.15) is 5.26 Å². The van der Waals surface area contributed by atoms with Crippen molar-refractivity contribution < 1.29 is 23.8 Å². The molecule has 3 aromatic carbocycles. The van der Waals surface area contributed by atoms with Crippen molar-refractivity contribution >= 4 is 24.1 Å². The van der Waals surface area contributed by atoms with E-state index in [0.29, 0.717) is 12.2 Å². The molecule has 0 spiro atoms. The first-order valence-electron chi connectivity index (χ1n) is 10.0. The number of ether oxygens (including phenoxy) is 3. The smallest absolute Gasteiger partial charge is 0.348 e. The number of nitrogens with zero attached hydrogens (tertiary/aromatic N) is 1. The quantitative estimate of drug-likeness (QED) is 0.213. The number of methoxy groups -OCH3 is 1. The highest BCUT2D eigenvalue weighted by Gasteiger charge is 2.09. The molecular formula is C27H21NO5. The molecule has 0 unspecified atom stereocenters. The van der Waals surface area contributed by atoms with Crippen molar-refractivity contribution in [1.29, 1.82) is 5.26 Å². The van der Waals surface area contributed by atoms with Gasteiger partial charge in [-0.1, -0.05) is 54.6 Å². The van der Waals surface area contributed by atoms with E-state index in [1.807, 2.05) is 54.6 Å². The zero-order valence-corrected chi connectivity index (χ0v) is 17.9. The van der Waals surface area contributed by atoms with E-state index in [4.69, 9.17) is 14.7 Å². The average molecular weight is 439 g/mol. The van der Waals surface area contributed by atoms with Crippen LogP contribution in [0.15, 0.2) is 90.5 Å². The highest BCUT2D eigenvalue weighted by atomic mass is 16.5. The topological polar surface area (TPSA) is 85.6 Å². The molecule has 0 saturated heterocycles. The first kappa shape index (κ1) is 23.0. The molecule has 0 fully saturated rings. The fraction of sp³-hybridized carbons (Fsp3) is 0.0741. The molecule has 164 valence electrons. The van der Waals surface area contributed by atoms with Crippen LogP contribution < -0.4 is 9.47 Å². The molecule has 6 heteroatoms. The van der Waals surface area contributed by atoms with Crippen molar-refractivity contribution in [2.75, 3.05) is 7.11 Å². The van der Waals surface area contributed by atoms with Gasteiger partial charge >= 0.3 is 11.9 Å². The zero-order valence-electron chi connectivity index (χ0n) is 17.9. The first-order chi connectivity index (χ1) is 16.1. The van der Waals surface area contributed by atoms with E-state index in [1.165, 1.54) is 19.3 Å². The Morgan fingerprint density at radius 3 is 2.36 bits per heavy atom. The van der Waals surface area contributed by atoms with Gasteiger partial charge in [0.05, 0.1) is 7.11 Å². The maximum atomic E-state index is 12.2. The number of hydrogen-bond acceptors (Lipinski definition) is 6. The molecule has 33 heavy (non-hydrogen) atoms. The third-order valence-electron chi connectivity index (χ3n) is 4.45. The van der Waals surface area contributed by atoms with Crippen LogP contribution in [0.3, 0.4) is 0 Å². The number of benzene rings is 3. The molecule has 0 aliphatic heterocycles. The van der Waals surface area contributed by atoms with E-state index in [0.717, 1.165) is 16.9 Å². The summed E-state index contributed by atoms with van der Waals surface area (Å²) in [4.78, 5) is 23.7. The number of carbonyl (C=O) groups excluding carboxylic acids is 2. The van der Waals surface area contributed by atoms with Crippen LogP contribution in [0.25, 0.3) is 12.2 Å². The van der Waals surface area contributed by atoms with Gasteiger partial charge in [0.1, 0.15) is 29.7 Å². The number of carbonyl (C=O) groups is 2. The summed E-state index contributed by atoms with van der Waals surface area (Å²) in [6.07, 6.45) is 4.32. The number of rotatable bonds is 8. The van der Waals surface area contributed by atoms with Gasteiger partial charge in [-0.25, -0.2) is 9.59 Å². The second kappa shape index (κ2) is 11.7. The van der Waals surface area contributed by atoms with E-state index < -0.39 is 11.9 Å². The first-order valence-corrected chi connectivity index (χ1v) is 10.0. The zero-order chi connectivity index (χ0) is 23.5. The van der Waals surface area contributed by atoms with E-state index in [9.17, 15) is 9.59 Å². The molecule has 0 aliphatic rings. The molecule has 0 aromatic heterocycles. The molecule has 0 amide bonds. The fourth-order valence-corrected chi connectivity index (χ4v) is 2.81. The van der Waals surface area contributed by atoms with Crippen molar-refractivity contribution in [3.8, 4) is 17.6 Å². The van der Waals surface area contributed by atoms with Gasteiger partial charge in [0, 0.05) is 6.08 Å². The van der Waals surface area contributed by atoms with Crippen LogP contribution in [0.5, 0.6) is 11.5 Å². The molecular weight excluding hydrogens is 418 g/mol. The third kappa shape index (κ3) is 7.23. The van der Waals surface area contributed by atoms with Crippen molar-refractivity contribution in [2.45, 2.75) is 6.61 Å². The molecule has 0 saturated carbocycles. The van der Waals surface area contributed by atoms with Crippen LogP contribution in [0, 0.1) is 11.3 Å². The maximum Gasteiger partial charge on any atom is 0.348 e. The van der Waals surface area contributed by atoms with Crippen LogP contribution in [-0.2, 0) is 20.9 Å². The average Bonchev–Trinajstić information content (AvgIpc) is 2.86. The Balaban J connectivity index is 1.57. The van der Waals surface area contributed by atoms with E-state index in [-0.39, 0.29) is 11.3 Å². The van der Waals surface area contributed by atoms with Crippen molar-refractivity contribution in [3.63, 3.8) is 0 Å². The Labute approximate surface area is 192 Å². The van der Waals surface area contributed by atoms with Crippen molar-refractivity contribution in [3.05, 3.63) is 107 Å². The van der Waals surface area contributed by atoms with Crippen molar-refractivity contribution in [2.24, 2.45) is 0 Å². The van der Waals surface area contributed by atoms with Crippen LogP contribution in [-0.4, -0.2) is 19.0 Å². The van der Waals surface area contributed by atoms with Crippen LogP contribution >= 0.6 is 0 Å². The maximum absolute atomic E-state index is 12.2. The van der Waals surface area contributed by atoms with Gasteiger partial charge in [0.15, 0.2) is 0 Å². The highest BCUT2D eigenvalue weighted by Crippen LogP contribution is 2.18. The molecule has 0 aliphatic carbocycles. The highest BCUT2D eigenvalue weighted by molar-refractivity contribution is 5.97. The van der Waals surface area contributed by atoms with Gasteiger partial charge in [-0.3, -0.25) is 0 Å². The van der Waals surface area contributed by atoms with Crippen molar-refractivity contribution in [1.82, 2.24) is 0 Å². The Morgan fingerprint density at radius 2 is 1.67 bits per heavy atom. The van der Waals surface area contributed by atoms with Gasteiger partial charge in [-0.15, -0.1) is 0 Å². The van der Waals surface area contributed by atoms with Crippen LogP contribution in [0.1, 0.15) is 16.7 Å². The van der Waals surface area contributed by atoms with Gasteiger partial charge in [0.2, 0.25) is 0 Å². The van der Waals surface area contributed by atoms with E-state index in [2.05, 4.69) is 4.74 Å². The lowest BCUT2D eigenvalue weighted by Crippen LogP contribution is -2.04. The summed E-state index contributed by atoms with van der Waals surface area (Å²) < 4.78 is 15.6. The lowest BCUT2D eigenvalue weighted by molar-refractivity contribution is -0.135. The predicted molar refractivity (Wildman–Crippen MR) is 124 cm³/mol. The predicted octanol–water partition coefficient (Wildman–Crippen LogP) is 4.96.